The topological polar surface area (TPSA) is 148 Å². The maximum atomic E-state index is 12.2. The van der Waals surface area contributed by atoms with Crippen molar-refractivity contribution in [3.63, 3.8) is 0 Å². The van der Waals surface area contributed by atoms with E-state index in [-0.39, 0.29) is 11.9 Å². The van der Waals surface area contributed by atoms with Crippen LogP contribution in [-0.2, 0) is 25.9 Å². The number of carbonyl (C=O) groups is 1. The SMILES string of the molecule is CS(=O)(=O)CC(=O)N1CCN(Cc2cc3nc(-c4cnc(N)nc4)nc(N4CCOCC4)c3s2)CC1. The summed E-state index contributed by atoms with van der Waals surface area (Å²) in [5, 5.41) is 0. The maximum absolute atomic E-state index is 12.2. The highest BCUT2D eigenvalue weighted by molar-refractivity contribution is 7.91. The highest BCUT2D eigenvalue weighted by Crippen LogP contribution is 2.35. The number of nitrogens with two attached hydrogens (primary N) is 1. The first kappa shape index (κ1) is 24.7. The lowest BCUT2D eigenvalue weighted by atomic mass is 10.2. The van der Waals surface area contributed by atoms with Gasteiger partial charge < -0.3 is 20.3 Å². The molecule has 0 bridgehead atoms. The standard InChI is InChI=1S/C22H28N8O4S2/c1-36(32,33)14-18(31)29-4-2-28(3-5-29)13-16-10-17-19(35-16)21(30-6-8-34-9-7-30)27-20(26-17)15-11-24-22(23)25-12-15/h10-12H,2-9,13-14H2,1H3,(H2,23,24,25). The van der Waals surface area contributed by atoms with E-state index in [0.29, 0.717) is 50.8 Å². The monoisotopic (exact) mass is 532 g/mol. The van der Waals surface area contributed by atoms with Crippen LogP contribution in [-0.4, -0.2) is 109 Å². The number of hydrogen-bond acceptors (Lipinski definition) is 12. The van der Waals surface area contributed by atoms with E-state index >= 15 is 0 Å². The molecule has 2 aliphatic heterocycles. The fourth-order valence-corrected chi connectivity index (χ4v) is 6.09. The minimum absolute atomic E-state index is 0.198. The number of nitrogen functional groups attached to an aromatic ring is 1. The number of rotatable bonds is 6. The van der Waals surface area contributed by atoms with Gasteiger partial charge in [0, 0.05) is 69.3 Å². The van der Waals surface area contributed by atoms with Crippen molar-refractivity contribution in [2.24, 2.45) is 0 Å². The molecule has 3 aromatic heterocycles. The van der Waals surface area contributed by atoms with E-state index in [9.17, 15) is 13.2 Å². The largest absolute Gasteiger partial charge is 0.378 e. The van der Waals surface area contributed by atoms with Crippen LogP contribution in [0.4, 0.5) is 11.8 Å². The molecule has 3 aromatic rings. The third-order valence-corrected chi connectivity index (χ3v) is 8.01. The van der Waals surface area contributed by atoms with Crippen LogP contribution in [0.5, 0.6) is 0 Å². The lowest BCUT2D eigenvalue weighted by Gasteiger charge is -2.34. The molecule has 2 N–H and O–H groups in total. The summed E-state index contributed by atoms with van der Waals surface area (Å²) in [6.45, 7) is 5.90. The zero-order valence-corrected chi connectivity index (χ0v) is 21.6. The average molecular weight is 533 g/mol. The van der Waals surface area contributed by atoms with Gasteiger partial charge in [-0.15, -0.1) is 11.3 Å². The number of carbonyl (C=O) groups excluding carboxylic acids is 1. The first-order chi connectivity index (χ1) is 17.2. The predicted octanol–water partition coefficient (Wildman–Crippen LogP) is 0.256. The smallest absolute Gasteiger partial charge is 0.237 e. The number of hydrogen-bond donors (Lipinski definition) is 1. The van der Waals surface area contributed by atoms with Gasteiger partial charge in [0.15, 0.2) is 21.5 Å². The van der Waals surface area contributed by atoms with Crippen molar-refractivity contribution in [2.45, 2.75) is 6.54 Å². The van der Waals surface area contributed by atoms with Gasteiger partial charge in [0.2, 0.25) is 11.9 Å². The molecule has 0 aliphatic carbocycles. The molecule has 2 saturated heterocycles. The number of piperazine rings is 1. The highest BCUT2D eigenvalue weighted by Gasteiger charge is 2.25. The van der Waals surface area contributed by atoms with Crippen LogP contribution in [0.2, 0.25) is 0 Å². The molecule has 192 valence electrons. The minimum Gasteiger partial charge on any atom is -0.378 e. The summed E-state index contributed by atoms with van der Waals surface area (Å²) in [7, 11) is -3.33. The first-order valence-electron chi connectivity index (χ1n) is 11.6. The molecule has 0 radical (unpaired) electrons. The van der Waals surface area contributed by atoms with Crippen molar-refractivity contribution in [1.82, 2.24) is 29.7 Å². The van der Waals surface area contributed by atoms with Gasteiger partial charge in [-0.25, -0.2) is 28.4 Å². The minimum atomic E-state index is -3.33. The number of amides is 1. The lowest BCUT2D eigenvalue weighted by Crippen LogP contribution is -2.49. The number of ether oxygens (including phenoxy) is 1. The Bertz CT molecular complexity index is 1350. The summed E-state index contributed by atoms with van der Waals surface area (Å²) in [6, 6.07) is 2.09. The van der Waals surface area contributed by atoms with Gasteiger partial charge in [0.25, 0.3) is 0 Å². The van der Waals surface area contributed by atoms with E-state index in [2.05, 4.69) is 25.8 Å². The van der Waals surface area contributed by atoms with Gasteiger partial charge in [-0.2, -0.15) is 0 Å². The second kappa shape index (κ2) is 10.2. The summed E-state index contributed by atoms with van der Waals surface area (Å²) in [5.41, 5.74) is 7.21. The Labute approximate surface area is 213 Å². The Morgan fingerprint density at radius 1 is 1.08 bits per heavy atom. The molecular formula is C22H28N8O4S2. The molecule has 0 unspecified atom stereocenters. The average Bonchev–Trinajstić information content (AvgIpc) is 3.26. The number of sulfone groups is 1. The third kappa shape index (κ3) is 5.72. The van der Waals surface area contributed by atoms with E-state index in [0.717, 1.165) is 46.8 Å². The van der Waals surface area contributed by atoms with Crippen LogP contribution >= 0.6 is 11.3 Å². The molecule has 2 aliphatic rings. The van der Waals surface area contributed by atoms with Gasteiger partial charge in [-0.3, -0.25) is 9.69 Å². The van der Waals surface area contributed by atoms with Crippen molar-refractivity contribution >= 4 is 49.1 Å². The molecule has 0 saturated carbocycles. The molecule has 36 heavy (non-hydrogen) atoms. The number of anilines is 2. The molecule has 14 heteroatoms. The molecule has 0 atom stereocenters. The Balaban J connectivity index is 1.36. The molecule has 2 fully saturated rings. The van der Waals surface area contributed by atoms with E-state index in [1.165, 1.54) is 0 Å². The maximum Gasteiger partial charge on any atom is 0.237 e. The van der Waals surface area contributed by atoms with Crippen molar-refractivity contribution in [3.8, 4) is 11.4 Å². The number of nitrogens with zero attached hydrogens (tertiary/aromatic N) is 7. The van der Waals surface area contributed by atoms with Crippen molar-refractivity contribution in [1.29, 1.82) is 0 Å². The van der Waals surface area contributed by atoms with Crippen LogP contribution in [0.3, 0.4) is 0 Å². The summed E-state index contributed by atoms with van der Waals surface area (Å²) in [5.74, 6) is 0.856. The van der Waals surface area contributed by atoms with E-state index in [1.807, 2.05) is 0 Å². The van der Waals surface area contributed by atoms with Gasteiger partial charge in [0.05, 0.1) is 29.0 Å². The predicted molar refractivity (Wildman–Crippen MR) is 137 cm³/mol. The molecule has 12 nitrogen and oxygen atoms in total. The summed E-state index contributed by atoms with van der Waals surface area (Å²) in [4.78, 5) is 37.4. The van der Waals surface area contributed by atoms with Gasteiger partial charge in [0.1, 0.15) is 5.75 Å². The summed E-state index contributed by atoms with van der Waals surface area (Å²) < 4.78 is 29.5. The molecule has 1 amide bonds. The van der Waals surface area contributed by atoms with Crippen LogP contribution in [0.15, 0.2) is 18.5 Å². The Hall–Kier alpha value is -2.94. The number of aromatic nitrogens is 4. The van der Waals surface area contributed by atoms with Crippen molar-refractivity contribution in [3.05, 3.63) is 23.3 Å². The van der Waals surface area contributed by atoms with E-state index in [1.54, 1.807) is 28.6 Å². The fourth-order valence-electron chi connectivity index (χ4n) is 4.31. The third-order valence-electron chi connectivity index (χ3n) is 6.14. The normalized spacial score (nSPS) is 17.6. The summed E-state index contributed by atoms with van der Waals surface area (Å²) >= 11 is 1.67. The fraction of sp³-hybridized carbons (Fsp3) is 0.500. The van der Waals surface area contributed by atoms with Gasteiger partial charge in [-0.1, -0.05) is 0 Å². The van der Waals surface area contributed by atoms with E-state index in [4.69, 9.17) is 20.4 Å². The summed E-state index contributed by atoms with van der Waals surface area (Å²) in [6.07, 6.45) is 4.34. The van der Waals surface area contributed by atoms with Crippen LogP contribution < -0.4 is 10.6 Å². The first-order valence-corrected chi connectivity index (χ1v) is 14.5. The zero-order valence-electron chi connectivity index (χ0n) is 20.0. The van der Waals surface area contributed by atoms with Crippen LogP contribution in [0, 0.1) is 0 Å². The second-order valence-corrected chi connectivity index (χ2v) is 12.2. The van der Waals surface area contributed by atoms with Crippen LogP contribution in [0.1, 0.15) is 4.88 Å². The molecular weight excluding hydrogens is 504 g/mol. The Morgan fingerprint density at radius 3 is 2.44 bits per heavy atom. The van der Waals surface area contributed by atoms with E-state index < -0.39 is 15.6 Å². The highest BCUT2D eigenvalue weighted by atomic mass is 32.2. The number of thiophene rings is 1. The second-order valence-electron chi connectivity index (χ2n) is 8.95. The molecule has 0 aromatic carbocycles. The molecule has 0 spiro atoms. The molecule has 5 rings (SSSR count). The number of morpholine rings is 1. The van der Waals surface area contributed by atoms with Crippen LogP contribution in [0.25, 0.3) is 21.6 Å². The Morgan fingerprint density at radius 2 is 1.78 bits per heavy atom. The van der Waals surface area contributed by atoms with Gasteiger partial charge >= 0.3 is 0 Å². The lowest BCUT2D eigenvalue weighted by molar-refractivity contribution is -0.130. The van der Waals surface area contributed by atoms with Crippen molar-refractivity contribution in [2.75, 3.05) is 75.1 Å². The van der Waals surface area contributed by atoms with Gasteiger partial charge in [-0.05, 0) is 6.07 Å². The number of fused-ring (bicyclic) bond motifs is 1. The quantitative estimate of drug-likeness (QED) is 0.466. The van der Waals surface area contributed by atoms with Crippen molar-refractivity contribution < 1.29 is 17.9 Å². The zero-order chi connectivity index (χ0) is 25.3. The Kier molecular flexibility index (Phi) is 7.01. The molecule has 5 heterocycles.